The maximum Gasteiger partial charge on any atom is 0.0610 e. The molecule has 14 heavy (non-hydrogen) atoms. The highest BCUT2D eigenvalue weighted by molar-refractivity contribution is 5.30. The van der Waals surface area contributed by atoms with Crippen LogP contribution in [0.1, 0.15) is 30.0 Å². The van der Waals surface area contributed by atoms with Crippen LogP contribution in [-0.2, 0) is 13.0 Å². The van der Waals surface area contributed by atoms with Crippen LogP contribution in [-0.4, -0.2) is 23.3 Å². The van der Waals surface area contributed by atoms with E-state index in [2.05, 4.69) is 22.3 Å². The zero-order chi connectivity index (χ0) is 9.97. The normalized spacial score (nSPS) is 20.9. The van der Waals surface area contributed by atoms with Crippen LogP contribution in [0.3, 0.4) is 0 Å². The Balaban J connectivity index is 2.24. The molecule has 1 aromatic heterocycles. The number of aliphatic hydroxyl groups is 1. The quantitative estimate of drug-likeness (QED) is 0.755. The second kappa shape index (κ2) is 4.15. The summed E-state index contributed by atoms with van der Waals surface area (Å²) in [6, 6.07) is 0.513. The van der Waals surface area contributed by atoms with E-state index >= 15 is 0 Å². The molecule has 2 rings (SSSR count). The smallest absolute Gasteiger partial charge is 0.0610 e. The minimum atomic E-state index is 0.220. The largest absolute Gasteiger partial charge is 0.395 e. The molecule has 0 aromatic carbocycles. The van der Waals surface area contributed by atoms with Gasteiger partial charge in [-0.05, 0) is 37.4 Å². The summed E-state index contributed by atoms with van der Waals surface area (Å²) in [6.07, 6.45) is 8.03. The number of hydrogen-bond acceptors (Lipinski definition) is 2. The molecule has 0 saturated heterocycles. The Hall–Kier alpha value is -0.800. The Morgan fingerprint density at radius 2 is 2.43 bits per heavy atom. The minimum Gasteiger partial charge on any atom is -0.395 e. The van der Waals surface area contributed by atoms with E-state index in [-0.39, 0.29) is 6.61 Å². The first-order valence-electron chi connectivity index (χ1n) is 5.32. The summed E-state index contributed by atoms with van der Waals surface area (Å²) in [5.41, 5.74) is 2.87. The van der Waals surface area contributed by atoms with Crippen LogP contribution in [0.5, 0.6) is 0 Å². The Morgan fingerprint density at radius 1 is 1.57 bits per heavy atom. The molecule has 78 valence electrons. The third-order valence-corrected chi connectivity index (χ3v) is 3.02. The highest BCUT2D eigenvalue weighted by atomic mass is 16.3. The first kappa shape index (κ1) is 9.74. The summed E-state index contributed by atoms with van der Waals surface area (Å²) in [5.74, 6) is 0. The third-order valence-electron chi connectivity index (χ3n) is 3.02. The van der Waals surface area contributed by atoms with E-state index in [1.54, 1.807) is 0 Å². The predicted molar refractivity (Wildman–Crippen MR) is 56.3 cm³/mol. The molecule has 0 amide bonds. The maximum atomic E-state index is 8.87. The standard InChI is InChI=1S/C11H18N2O/c1-12-11-4-2-3-9-7-13(5-6-14)8-10(9)11/h7-8,11-12,14H,2-6H2,1H3. The monoisotopic (exact) mass is 194 g/mol. The van der Waals surface area contributed by atoms with Crippen LogP contribution >= 0.6 is 0 Å². The molecule has 1 heterocycles. The number of hydrogen-bond donors (Lipinski definition) is 2. The number of fused-ring (bicyclic) bond motifs is 1. The van der Waals surface area contributed by atoms with Crippen LogP contribution in [0.2, 0.25) is 0 Å². The molecule has 1 aliphatic carbocycles. The number of rotatable bonds is 3. The molecule has 0 fully saturated rings. The van der Waals surface area contributed by atoms with Gasteiger partial charge in [-0.3, -0.25) is 0 Å². The van der Waals surface area contributed by atoms with E-state index in [4.69, 9.17) is 5.11 Å². The number of nitrogens with zero attached hydrogens (tertiary/aromatic N) is 1. The second-order valence-electron chi connectivity index (χ2n) is 3.93. The van der Waals surface area contributed by atoms with Crippen LogP contribution in [0.25, 0.3) is 0 Å². The lowest BCUT2D eigenvalue weighted by Gasteiger charge is -2.21. The molecule has 0 bridgehead atoms. The van der Waals surface area contributed by atoms with Gasteiger partial charge >= 0.3 is 0 Å². The first-order chi connectivity index (χ1) is 6.85. The van der Waals surface area contributed by atoms with Gasteiger partial charge in [0.1, 0.15) is 0 Å². The fraction of sp³-hybridized carbons (Fsp3) is 0.636. The molecule has 0 spiro atoms. The summed E-state index contributed by atoms with van der Waals surface area (Å²) in [4.78, 5) is 0. The van der Waals surface area contributed by atoms with Crippen molar-refractivity contribution in [2.45, 2.75) is 31.8 Å². The van der Waals surface area contributed by atoms with E-state index in [0.29, 0.717) is 12.6 Å². The van der Waals surface area contributed by atoms with Gasteiger partial charge in [-0.25, -0.2) is 0 Å². The Morgan fingerprint density at radius 3 is 3.14 bits per heavy atom. The van der Waals surface area contributed by atoms with Gasteiger partial charge in [-0.1, -0.05) is 0 Å². The number of nitrogens with one attached hydrogen (secondary N) is 1. The summed E-state index contributed by atoms with van der Waals surface area (Å²) in [7, 11) is 2.02. The zero-order valence-corrected chi connectivity index (χ0v) is 8.66. The average Bonchev–Trinajstić information content (AvgIpc) is 2.60. The number of aryl methyl sites for hydroxylation is 1. The van der Waals surface area contributed by atoms with Crippen molar-refractivity contribution < 1.29 is 5.11 Å². The third kappa shape index (κ3) is 1.70. The van der Waals surface area contributed by atoms with E-state index in [0.717, 1.165) is 0 Å². The lowest BCUT2D eigenvalue weighted by Crippen LogP contribution is -2.20. The zero-order valence-electron chi connectivity index (χ0n) is 8.66. The lowest BCUT2D eigenvalue weighted by atomic mass is 9.91. The second-order valence-corrected chi connectivity index (χ2v) is 3.93. The molecule has 1 aromatic rings. The van der Waals surface area contributed by atoms with Crippen molar-refractivity contribution in [3.63, 3.8) is 0 Å². The Labute approximate surface area is 84.7 Å². The molecule has 0 radical (unpaired) electrons. The van der Waals surface area contributed by atoms with Gasteiger partial charge in [-0.2, -0.15) is 0 Å². The van der Waals surface area contributed by atoms with Crippen molar-refractivity contribution in [3.8, 4) is 0 Å². The van der Waals surface area contributed by atoms with Crippen molar-refractivity contribution in [1.82, 2.24) is 9.88 Å². The molecule has 1 aliphatic rings. The van der Waals surface area contributed by atoms with Crippen LogP contribution in [0, 0.1) is 0 Å². The first-order valence-corrected chi connectivity index (χ1v) is 5.32. The number of aliphatic hydroxyl groups excluding tert-OH is 1. The van der Waals surface area contributed by atoms with Gasteiger partial charge in [0.05, 0.1) is 6.61 Å². The molecule has 2 N–H and O–H groups in total. The highest BCUT2D eigenvalue weighted by Gasteiger charge is 2.20. The van der Waals surface area contributed by atoms with E-state index in [1.165, 1.54) is 30.4 Å². The molecular weight excluding hydrogens is 176 g/mol. The fourth-order valence-corrected chi connectivity index (χ4v) is 2.29. The molecular formula is C11H18N2O. The summed E-state index contributed by atoms with van der Waals surface area (Å²) >= 11 is 0. The van der Waals surface area contributed by atoms with Crippen molar-refractivity contribution in [3.05, 3.63) is 23.5 Å². The minimum absolute atomic E-state index is 0.220. The lowest BCUT2D eigenvalue weighted by molar-refractivity contribution is 0.276. The van der Waals surface area contributed by atoms with Gasteiger partial charge < -0.3 is 15.0 Å². The molecule has 3 heteroatoms. The highest BCUT2D eigenvalue weighted by Crippen LogP contribution is 2.29. The SMILES string of the molecule is CNC1CCCc2cn(CCO)cc21. The molecule has 3 nitrogen and oxygen atoms in total. The Bertz CT molecular complexity index is 306. The van der Waals surface area contributed by atoms with E-state index in [9.17, 15) is 0 Å². The summed E-state index contributed by atoms with van der Waals surface area (Å²) < 4.78 is 2.10. The summed E-state index contributed by atoms with van der Waals surface area (Å²) in [5, 5.41) is 12.2. The van der Waals surface area contributed by atoms with E-state index < -0.39 is 0 Å². The molecule has 0 aliphatic heterocycles. The van der Waals surface area contributed by atoms with E-state index in [1.807, 2.05) is 7.05 Å². The van der Waals surface area contributed by atoms with Crippen LogP contribution in [0.4, 0.5) is 0 Å². The van der Waals surface area contributed by atoms with Gasteiger partial charge in [0.25, 0.3) is 0 Å². The van der Waals surface area contributed by atoms with Gasteiger partial charge in [-0.15, -0.1) is 0 Å². The van der Waals surface area contributed by atoms with Gasteiger partial charge in [0, 0.05) is 25.0 Å². The summed E-state index contributed by atoms with van der Waals surface area (Å²) in [6.45, 7) is 0.932. The molecule has 1 unspecified atom stereocenters. The van der Waals surface area contributed by atoms with Crippen LogP contribution in [0.15, 0.2) is 12.4 Å². The number of aromatic nitrogens is 1. The van der Waals surface area contributed by atoms with Crippen molar-refractivity contribution in [2.75, 3.05) is 13.7 Å². The van der Waals surface area contributed by atoms with Crippen LogP contribution < -0.4 is 5.32 Å². The average molecular weight is 194 g/mol. The van der Waals surface area contributed by atoms with Gasteiger partial charge in [0.15, 0.2) is 0 Å². The van der Waals surface area contributed by atoms with Gasteiger partial charge in [0.2, 0.25) is 0 Å². The maximum absolute atomic E-state index is 8.87. The van der Waals surface area contributed by atoms with Crippen molar-refractivity contribution >= 4 is 0 Å². The fourth-order valence-electron chi connectivity index (χ4n) is 2.29. The molecule has 1 atom stereocenters. The molecule has 0 saturated carbocycles. The van der Waals surface area contributed by atoms with Crippen molar-refractivity contribution in [2.24, 2.45) is 0 Å². The topological polar surface area (TPSA) is 37.2 Å². The van der Waals surface area contributed by atoms with Crippen molar-refractivity contribution in [1.29, 1.82) is 0 Å². The predicted octanol–water partition coefficient (Wildman–Crippen LogP) is 1.08. The Kier molecular flexibility index (Phi) is 2.89.